The van der Waals surface area contributed by atoms with Gasteiger partial charge in [0.25, 0.3) is 11.8 Å². The lowest BCUT2D eigenvalue weighted by molar-refractivity contribution is -0.107. The number of carbonyl (C=O) groups is 3. The van der Waals surface area contributed by atoms with E-state index in [1.165, 1.54) is 10.7 Å². The van der Waals surface area contributed by atoms with E-state index in [0.717, 1.165) is 5.56 Å². The maximum absolute atomic E-state index is 12.8. The summed E-state index contributed by atoms with van der Waals surface area (Å²) in [4.78, 5) is 36.8. The largest absolute Gasteiger partial charge is 0.497 e. The van der Waals surface area contributed by atoms with Crippen LogP contribution in [0.25, 0.3) is 0 Å². The maximum Gasteiger partial charge on any atom is 0.272 e. The Hall–Kier alpha value is -3.36. The standard InChI is InChI=1S/C18H20N4O5/c1-26-13-4-3-12(16(9-13)27-2)11-21-6-7-22-15(18(21)25)10-14(20-22)17(24)19-5-8-23/h3-4,8-10H,5-7,11H2,1-2H3,(H,19,24). The van der Waals surface area contributed by atoms with Crippen LogP contribution in [0.3, 0.4) is 0 Å². The van der Waals surface area contributed by atoms with Gasteiger partial charge in [-0.15, -0.1) is 0 Å². The van der Waals surface area contributed by atoms with Crippen molar-refractivity contribution in [1.29, 1.82) is 0 Å². The Kier molecular flexibility index (Phi) is 5.39. The fourth-order valence-corrected chi connectivity index (χ4v) is 2.91. The predicted molar refractivity (Wildman–Crippen MR) is 94.9 cm³/mol. The van der Waals surface area contributed by atoms with Gasteiger partial charge in [0.1, 0.15) is 23.5 Å². The minimum atomic E-state index is -0.486. The van der Waals surface area contributed by atoms with Crippen LogP contribution < -0.4 is 14.8 Å². The number of amides is 2. The number of nitrogens with one attached hydrogen (secondary N) is 1. The molecule has 0 radical (unpaired) electrons. The summed E-state index contributed by atoms with van der Waals surface area (Å²) in [5, 5.41) is 6.57. The van der Waals surface area contributed by atoms with Crippen LogP contribution in [0, 0.1) is 0 Å². The van der Waals surface area contributed by atoms with E-state index in [-0.39, 0.29) is 18.1 Å². The highest BCUT2D eigenvalue weighted by atomic mass is 16.5. The molecule has 1 aliphatic rings. The lowest BCUT2D eigenvalue weighted by Gasteiger charge is -2.28. The van der Waals surface area contributed by atoms with E-state index in [1.54, 1.807) is 25.2 Å². The molecule has 1 aromatic heterocycles. The molecule has 0 unspecified atom stereocenters. The van der Waals surface area contributed by atoms with Crippen LogP contribution in [0.1, 0.15) is 26.5 Å². The van der Waals surface area contributed by atoms with Crippen LogP contribution in [-0.2, 0) is 17.9 Å². The first-order chi connectivity index (χ1) is 13.1. The number of carbonyl (C=O) groups excluding carboxylic acids is 3. The van der Waals surface area contributed by atoms with E-state index >= 15 is 0 Å². The Morgan fingerprint density at radius 2 is 2.07 bits per heavy atom. The number of nitrogens with zero attached hydrogens (tertiary/aromatic N) is 3. The smallest absolute Gasteiger partial charge is 0.272 e. The number of hydrogen-bond donors (Lipinski definition) is 1. The van der Waals surface area contributed by atoms with E-state index in [4.69, 9.17) is 9.47 Å². The zero-order valence-electron chi connectivity index (χ0n) is 15.1. The predicted octanol–water partition coefficient (Wildman–Crippen LogP) is 0.485. The summed E-state index contributed by atoms with van der Waals surface area (Å²) < 4.78 is 12.1. The van der Waals surface area contributed by atoms with Gasteiger partial charge in [-0.1, -0.05) is 0 Å². The molecule has 0 spiro atoms. The highest BCUT2D eigenvalue weighted by Crippen LogP contribution is 2.27. The first-order valence-corrected chi connectivity index (χ1v) is 8.37. The second-order valence-corrected chi connectivity index (χ2v) is 5.92. The first kappa shape index (κ1) is 18.4. The second kappa shape index (κ2) is 7.90. The number of aldehydes is 1. The number of ether oxygens (including phenoxy) is 2. The lowest BCUT2D eigenvalue weighted by atomic mass is 10.1. The summed E-state index contributed by atoms with van der Waals surface area (Å²) >= 11 is 0. The summed E-state index contributed by atoms with van der Waals surface area (Å²) in [5.41, 5.74) is 1.30. The Morgan fingerprint density at radius 3 is 2.78 bits per heavy atom. The molecule has 0 bridgehead atoms. The summed E-state index contributed by atoms with van der Waals surface area (Å²) in [7, 11) is 3.14. The van der Waals surface area contributed by atoms with Gasteiger partial charge in [-0.2, -0.15) is 5.10 Å². The minimum absolute atomic E-state index is 0.0988. The average Bonchev–Trinajstić information content (AvgIpc) is 3.13. The van der Waals surface area contributed by atoms with Crippen molar-refractivity contribution in [2.75, 3.05) is 27.3 Å². The third kappa shape index (κ3) is 3.76. The molecule has 9 nitrogen and oxygen atoms in total. The van der Waals surface area contributed by atoms with Gasteiger partial charge in [-0.25, -0.2) is 0 Å². The number of hydrogen-bond acceptors (Lipinski definition) is 6. The quantitative estimate of drug-likeness (QED) is 0.710. The Labute approximate surface area is 155 Å². The summed E-state index contributed by atoms with van der Waals surface area (Å²) in [6, 6.07) is 6.88. The van der Waals surface area contributed by atoms with E-state index in [9.17, 15) is 14.4 Å². The van der Waals surface area contributed by atoms with Gasteiger partial charge < -0.3 is 24.5 Å². The fourth-order valence-electron chi connectivity index (χ4n) is 2.91. The molecule has 0 fully saturated rings. The van der Waals surface area contributed by atoms with Crippen molar-refractivity contribution in [3.63, 3.8) is 0 Å². The summed E-state index contributed by atoms with van der Waals surface area (Å²) in [5.74, 6) is 0.598. The Balaban J connectivity index is 1.78. The monoisotopic (exact) mass is 372 g/mol. The van der Waals surface area contributed by atoms with Gasteiger partial charge in [0, 0.05) is 30.8 Å². The molecule has 2 aromatic rings. The van der Waals surface area contributed by atoms with Crippen LogP contribution in [0.15, 0.2) is 24.3 Å². The summed E-state index contributed by atoms with van der Waals surface area (Å²) in [6.07, 6.45) is 0.586. The van der Waals surface area contributed by atoms with E-state index in [0.29, 0.717) is 43.1 Å². The van der Waals surface area contributed by atoms with Crippen molar-refractivity contribution in [3.05, 3.63) is 41.2 Å². The molecule has 142 valence electrons. The molecule has 27 heavy (non-hydrogen) atoms. The molecular formula is C18H20N4O5. The van der Waals surface area contributed by atoms with Gasteiger partial charge in [0.15, 0.2) is 5.69 Å². The van der Waals surface area contributed by atoms with Gasteiger partial charge >= 0.3 is 0 Å². The van der Waals surface area contributed by atoms with E-state index in [2.05, 4.69) is 10.4 Å². The molecule has 1 aliphatic heterocycles. The molecule has 3 rings (SSSR count). The van der Waals surface area contributed by atoms with Gasteiger partial charge in [-0.05, 0) is 12.1 Å². The molecule has 9 heteroatoms. The van der Waals surface area contributed by atoms with E-state index in [1.807, 2.05) is 12.1 Å². The van der Waals surface area contributed by atoms with Gasteiger partial charge in [-0.3, -0.25) is 14.3 Å². The zero-order chi connectivity index (χ0) is 19.4. The molecule has 1 aromatic carbocycles. The van der Waals surface area contributed by atoms with Crippen molar-refractivity contribution in [3.8, 4) is 11.5 Å². The van der Waals surface area contributed by atoms with Crippen molar-refractivity contribution < 1.29 is 23.9 Å². The molecule has 0 aliphatic carbocycles. The van der Waals surface area contributed by atoms with Crippen LogP contribution >= 0.6 is 0 Å². The lowest BCUT2D eigenvalue weighted by Crippen LogP contribution is -2.39. The van der Waals surface area contributed by atoms with Gasteiger partial charge in [0.05, 0.1) is 27.3 Å². The highest BCUT2D eigenvalue weighted by molar-refractivity contribution is 5.98. The van der Waals surface area contributed by atoms with Crippen LogP contribution in [-0.4, -0.2) is 60.1 Å². The molecule has 2 amide bonds. The number of aromatic nitrogens is 2. The molecular weight excluding hydrogens is 352 g/mol. The average molecular weight is 372 g/mol. The number of methoxy groups -OCH3 is 2. The Morgan fingerprint density at radius 1 is 1.26 bits per heavy atom. The van der Waals surface area contributed by atoms with Crippen molar-refractivity contribution in [2.45, 2.75) is 13.1 Å². The molecule has 0 saturated carbocycles. The van der Waals surface area contributed by atoms with Crippen LogP contribution in [0.2, 0.25) is 0 Å². The second-order valence-electron chi connectivity index (χ2n) is 5.92. The highest BCUT2D eigenvalue weighted by Gasteiger charge is 2.28. The van der Waals surface area contributed by atoms with E-state index < -0.39 is 5.91 Å². The number of fused-ring (bicyclic) bond motifs is 1. The Bertz CT molecular complexity index is 877. The molecule has 2 heterocycles. The summed E-state index contributed by atoms with van der Waals surface area (Å²) in [6.45, 7) is 1.20. The van der Waals surface area contributed by atoms with Crippen molar-refractivity contribution in [1.82, 2.24) is 20.0 Å². The van der Waals surface area contributed by atoms with Gasteiger partial charge in [0.2, 0.25) is 0 Å². The van der Waals surface area contributed by atoms with Crippen molar-refractivity contribution in [2.24, 2.45) is 0 Å². The zero-order valence-corrected chi connectivity index (χ0v) is 15.1. The minimum Gasteiger partial charge on any atom is -0.497 e. The van der Waals surface area contributed by atoms with Crippen LogP contribution in [0.4, 0.5) is 0 Å². The first-order valence-electron chi connectivity index (χ1n) is 8.37. The SMILES string of the molecule is COc1ccc(CN2CCn3nc(C(=O)NCC=O)cc3C2=O)c(OC)c1. The number of rotatable bonds is 7. The number of benzene rings is 1. The molecule has 0 atom stereocenters. The maximum atomic E-state index is 12.8. The third-order valence-corrected chi connectivity index (χ3v) is 4.30. The normalized spacial score (nSPS) is 13.1. The molecule has 1 N–H and O–H groups in total. The van der Waals surface area contributed by atoms with Crippen molar-refractivity contribution >= 4 is 18.1 Å². The van der Waals surface area contributed by atoms with Crippen LogP contribution in [0.5, 0.6) is 11.5 Å². The topological polar surface area (TPSA) is 103 Å². The molecule has 0 saturated heterocycles. The third-order valence-electron chi connectivity index (χ3n) is 4.30. The fraction of sp³-hybridized carbons (Fsp3) is 0.333.